The minimum absolute atomic E-state index is 0.0467. The average Bonchev–Trinajstić information content (AvgIpc) is 2.47. The van der Waals surface area contributed by atoms with E-state index in [1.165, 1.54) is 0 Å². The van der Waals surface area contributed by atoms with Crippen molar-refractivity contribution in [2.45, 2.75) is 25.6 Å². The largest absolute Gasteiger partial charge is 0.324 e. The van der Waals surface area contributed by atoms with Crippen LogP contribution in [0, 0.1) is 5.92 Å². The lowest BCUT2D eigenvalue weighted by Gasteiger charge is -2.34. The molecular formula is C17H20FN. The highest BCUT2D eigenvalue weighted by molar-refractivity contribution is 5.38. The molecule has 1 atom stereocenters. The second-order valence-electron chi connectivity index (χ2n) is 5.21. The molecule has 0 bridgehead atoms. The van der Waals surface area contributed by atoms with Crippen molar-refractivity contribution in [3.8, 4) is 0 Å². The minimum Gasteiger partial charge on any atom is -0.324 e. The van der Waals surface area contributed by atoms with Crippen molar-refractivity contribution >= 4 is 0 Å². The first kappa shape index (κ1) is 13.8. The molecule has 0 amide bonds. The first-order valence-corrected chi connectivity index (χ1v) is 6.62. The highest BCUT2D eigenvalue weighted by atomic mass is 19.1. The predicted molar refractivity (Wildman–Crippen MR) is 77.6 cm³/mol. The highest BCUT2D eigenvalue weighted by Gasteiger charge is 2.41. The van der Waals surface area contributed by atoms with Crippen LogP contribution >= 0.6 is 0 Å². The van der Waals surface area contributed by atoms with Crippen molar-refractivity contribution in [3.63, 3.8) is 0 Å². The van der Waals surface area contributed by atoms with E-state index in [2.05, 4.69) is 0 Å². The lowest BCUT2D eigenvalue weighted by atomic mass is 9.78. The minimum atomic E-state index is -1.66. The molecule has 2 aromatic carbocycles. The zero-order valence-electron chi connectivity index (χ0n) is 11.4. The van der Waals surface area contributed by atoms with E-state index in [1.54, 1.807) is 24.3 Å². The molecule has 2 heteroatoms. The van der Waals surface area contributed by atoms with Crippen molar-refractivity contribution in [1.82, 2.24) is 0 Å². The Hall–Kier alpha value is -1.67. The van der Waals surface area contributed by atoms with Crippen LogP contribution in [0.3, 0.4) is 0 Å². The van der Waals surface area contributed by atoms with Crippen LogP contribution in [0.25, 0.3) is 0 Å². The van der Waals surface area contributed by atoms with E-state index < -0.39 is 11.7 Å². The SMILES string of the molecule is CC(C)C(N)C(F)(c1ccccc1)c1ccccc1. The molecule has 0 radical (unpaired) electrons. The molecule has 2 rings (SSSR count). The fourth-order valence-electron chi connectivity index (χ4n) is 2.37. The molecule has 2 N–H and O–H groups in total. The van der Waals surface area contributed by atoms with Gasteiger partial charge in [0.15, 0.2) is 5.67 Å². The summed E-state index contributed by atoms with van der Waals surface area (Å²) in [7, 11) is 0. The Kier molecular flexibility index (Phi) is 4.01. The number of rotatable bonds is 4. The summed E-state index contributed by atoms with van der Waals surface area (Å²) in [4.78, 5) is 0. The van der Waals surface area contributed by atoms with Gasteiger partial charge in [-0.25, -0.2) is 4.39 Å². The first-order valence-electron chi connectivity index (χ1n) is 6.62. The maximum absolute atomic E-state index is 15.8. The van der Waals surface area contributed by atoms with E-state index in [4.69, 9.17) is 5.73 Å². The van der Waals surface area contributed by atoms with Gasteiger partial charge in [-0.15, -0.1) is 0 Å². The van der Waals surface area contributed by atoms with Gasteiger partial charge in [0.25, 0.3) is 0 Å². The standard InChI is InChI=1S/C17H20FN/c1-13(2)16(19)17(18,14-9-5-3-6-10-14)15-11-7-4-8-12-15/h3-13,16H,19H2,1-2H3. The average molecular weight is 257 g/mol. The van der Waals surface area contributed by atoms with Gasteiger partial charge >= 0.3 is 0 Å². The maximum Gasteiger partial charge on any atom is 0.176 e. The monoisotopic (exact) mass is 257 g/mol. The van der Waals surface area contributed by atoms with Gasteiger partial charge in [-0.1, -0.05) is 74.5 Å². The summed E-state index contributed by atoms with van der Waals surface area (Å²) in [6.45, 7) is 3.90. The topological polar surface area (TPSA) is 26.0 Å². The first-order chi connectivity index (χ1) is 9.06. The molecule has 0 heterocycles. The molecule has 0 aliphatic rings. The fraction of sp³-hybridized carbons (Fsp3) is 0.294. The van der Waals surface area contributed by atoms with Crippen molar-refractivity contribution < 1.29 is 4.39 Å². The van der Waals surface area contributed by atoms with Crippen LogP contribution in [0.1, 0.15) is 25.0 Å². The molecule has 1 nitrogen and oxygen atoms in total. The number of alkyl halides is 1. The van der Waals surface area contributed by atoms with E-state index in [0.717, 1.165) is 0 Å². The number of halogens is 1. The van der Waals surface area contributed by atoms with E-state index in [0.29, 0.717) is 11.1 Å². The highest BCUT2D eigenvalue weighted by Crippen LogP contribution is 2.38. The van der Waals surface area contributed by atoms with E-state index in [-0.39, 0.29) is 5.92 Å². The van der Waals surface area contributed by atoms with Gasteiger partial charge in [0.1, 0.15) is 0 Å². The molecule has 0 aliphatic heterocycles. The van der Waals surface area contributed by atoms with E-state index in [9.17, 15) is 0 Å². The predicted octanol–water partition coefficient (Wildman–Crippen LogP) is 3.88. The Bertz CT molecular complexity index is 468. The maximum atomic E-state index is 15.8. The molecule has 2 aromatic rings. The number of hydrogen-bond acceptors (Lipinski definition) is 1. The molecule has 0 aliphatic carbocycles. The molecule has 19 heavy (non-hydrogen) atoms. The molecule has 0 saturated carbocycles. The van der Waals surface area contributed by atoms with Crippen LogP contribution in [0.4, 0.5) is 4.39 Å². The van der Waals surface area contributed by atoms with Crippen LogP contribution in [0.2, 0.25) is 0 Å². The molecule has 1 unspecified atom stereocenters. The third kappa shape index (κ3) is 2.54. The van der Waals surface area contributed by atoms with Gasteiger partial charge in [0, 0.05) is 6.04 Å². The summed E-state index contributed by atoms with van der Waals surface area (Å²) in [5, 5.41) is 0. The molecule has 100 valence electrons. The van der Waals surface area contributed by atoms with E-state index in [1.807, 2.05) is 50.2 Å². The Morgan fingerprint density at radius 3 is 1.53 bits per heavy atom. The van der Waals surface area contributed by atoms with Gasteiger partial charge in [0.2, 0.25) is 0 Å². The van der Waals surface area contributed by atoms with Gasteiger partial charge in [-0.3, -0.25) is 0 Å². The zero-order chi connectivity index (χ0) is 13.9. The zero-order valence-corrected chi connectivity index (χ0v) is 11.4. The van der Waals surface area contributed by atoms with Gasteiger partial charge < -0.3 is 5.73 Å². The Balaban J connectivity index is 2.57. The number of hydrogen-bond donors (Lipinski definition) is 1. The molecule has 0 aromatic heterocycles. The Morgan fingerprint density at radius 1 is 0.842 bits per heavy atom. The quantitative estimate of drug-likeness (QED) is 0.883. The third-order valence-electron chi connectivity index (χ3n) is 3.57. The molecule has 0 saturated heterocycles. The summed E-state index contributed by atoms with van der Waals surface area (Å²) in [5.41, 5.74) is 5.75. The smallest absolute Gasteiger partial charge is 0.176 e. The van der Waals surface area contributed by atoms with Crippen LogP contribution in [-0.2, 0) is 5.67 Å². The number of nitrogens with two attached hydrogens (primary N) is 1. The van der Waals surface area contributed by atoms with Crippen LogP contribution in [-0.4, -0.2) is 6.04 Å². The fourth-order valence-corrected chi connectivity index (χ4v) is 2.37. The van der Waals surface area contributed by atoms with Gasteiger partial charge in [-0.05, 0) is 17.0 Å². The lowest BCUT2D eigenvalue weighted by Crippen LogP contribution is -2.46. The normalized spacial score (nSPS) is 13.5. The molecule has 0 fully saturated rings. The lowest BCUT2D eigenvalue weighted by molar-refractivity contribution is 0.147. The molecule has 0 spiro atoms. The second kappa shape index (κ2) is 5.54. The van der Waals surface area contributed by atoms with Crippen LogP contribution in [0.5, 0.6) is 0 Å². The summed E-state index contributed by atoms with van der Waals surface area (Å²) in [6.07, 6.45) is 0. The van der Waals surface area contributed by atoms with Crippen molar-refractivity contribution in [2.75, 3.05) is 0 Å². The van der Waals surface area contributed by atoms with Crippen molar-refractivity contribution in [2.24, 2.45) is 11.7 Å². The Labute approximate surface area is 114 Å². The van der Waals surface area contributed by atoms with Gasteiger partial charge in [0.05, 0.1) is 0 Å². The summed E-state index contributed by atoms with van der Waals surface area (Å²) >= 11 is 0. The van der Waals surface area contributed by atoms with Crippen LogP contribution in [0.15, 0.2) is 60.7 Å². The Morgan fingerprint density at radius 2 is 1.21 bits per heavy atom. The van der Waals surface area contributed by atoms with Gasteiger partial charge in [-0.2, -0.15) is 0 Å². The van der Waals surface area contributed by atoms with Crippen molar-refractivity contribution in [3.05, 3.63) is 71.8 Å². The summed E-state index contributed by atoms with van der Waals surface area (Å²) < 4.78 is 15.8. The number of benzene rings is 2. The third-order valence-corrected chi connectivity index (χ3v) is 3.57. The van der Waals surface area contributed by atoms with Crippen LogP contribution < -0.4 is 5.73 Å². The van der Waals surface area contributed by atoms with Crippen molar-refractivity contribution in [1.29, 1.82) is 0 Å². The molecular weight excluding hydrogens is 237 g/mol. The summed E-state index contributed by atoms with van der Waals surface area (Å²) in [5.74, 6) is 0.0467. The second-order valence-corrected chi connectivity index (χ2v) is 5.21. The summed E-state index contributed by atoms with van der Waals surface area (Å²) in [6, 6.07) is 17.8. The van der Waals surface area contributed by atoms with E-state index >= 15 is 4.39 Å².